The summed E-state index contributed by atoms with van der Waals surface area (Å²) in [5.74, 6) is -0.215. The van der Waals surface area contributed by atoms with Crippen LogP contribution in [0, 0.1) is 0 Å². The van der Waals surface area contributed by atoms with Crippen LogP contribution in [0.4, 0.5) is 0 Å². The number of carbonyl (C=O) groups is 1. The van der Waals surface area contributed by atoms with Crippen LogP contribution in [0.3, 0.4) is 0 Å². The second-order valence-corrected chi connectivity index (χ2v) is 7.02. The average Bonchev–Trinajstić information content (AvgIpc) is 2.49. The highest BCUT2D eigenvalue weighted by atomic mass is 79.9. The van der Waals surface area contributed by atoms with Crippen LogP contribution in [0.25, 0.3) is 0 Å². The number of unbranched alkanes of at least 4 members (excludes halogenated alkanes) is 1. The number of esters is 1. The minimum atomic E-state index is -0.253. The van der Waals surface area contributed by atoms with Gasteiger partial charge in [0.05, 0.1) is 5.56 Å². The number of halogens is 2. The molecule has 0 amide bonds. The summed E-state index contributed by atoms with van der Waals surface area (Å²) in [7, 11) is 0. The molecule has 0 heterocycles. The van der Waals surface area contributed by atoms with E-state index in [-0.39, 0.29) is 11.6 Å². The van der Waals surface area contributed by atoms with Gasteiger partial charge in [-0.1, -0.05) is 34.0 Å². The van der Waals surface area contributed by atoms with E-state index in [2.05, 4.69) is 15.9 Å². The first kappa shape index (κ1) is 16.8. The van der Waals surface area contributed by atoms with Crippen molar-refractivity contribution in [2.24, 2.45) is 0 Å². The third-order valence-electron chi connectivity index (χ3n) is 4.17. The van der Waals surface area contributed by atoms with Gasteiger partial charge >= 0.3 is 5.97 Å². The van der Waals surface area contributed by atoms with E-state index in [1.54, 1.807) is 24.3 Å². The van der Waals surface area contributed by atoms with Crippen molar-refractivity contribution in [1.29, 1.82) is 0 Å². The number of benzene rings is 1. The zero-order valence-corrected chi connectivity index (χ0v) is 14.6. The van der Waals surface area contributed by atoms with E-state index < -0.39 is 0 Å². The number of carbonyl (C=O) groups excluding carboxylic acids is 1. The predicted octanol–water partition coefficient (Wildman–Crippen LogP) is 5.76. The lowest BCUT2D eigenvalue weighted by molar-refractivity contribution is -0.0433. The van der Waals surface area contributed by atoms with Crippen LogP contribution in [0.2, 0.25) is 5.02 Å². The molecule has 21 heavy (non-hydrogen) atoms. The van der Waals surface area contributed by atoms with Crippen molar-refractivity contribution in [1.82, 2.24) is 0 Å². The van der Waals surface area contributed by atoms with E-state index in [4.69, 9.17) is 16.3 Å². The van der Waals surface area contributed by atoms with E-state index >= 15 is 0 Å². The lowest BCUT2D eigenvalue weighted by Crippen LogP contribution is -2.37. The van der Waals surface area contributed by atoms with Gasteiger partial charge in [-0.05, 0) is 69.2 Å². The molecule has 1 aromatic carbocycles. The maximum atomic E-state index is 12.4. The normalized spacial score (nSPS) is 17.4. The van der Waals surface area contributed by atoms with Gasteiger partial charge in [-0.25, -0.2) is 4.79 Å². The third-order valence-corrected chi connectivity index (χ3v) is 4.98. The molecule has 0 saturated heterocycles. The standard InChI is InChI=1S/C17H22BrClO2/c18-13-5-4-12-17(10-2-1-3-11-17)21-16(20)14-6-8-15(19)9-7-14/h6-9H,1-5,10-13H2. The zero-order valence-electron chi connectivity index (χ0n) is 12.2. The average molecular weight is 374 g/mol. The molecule has 0 atom stereocenters. The van der Waals surface area contributed by atoms with Gasteiger partial charge in [-0.2, -0.15) is 0 Å². The first-order chi connectivity index (χ1) is 10.2. The molecule has 2 rings (SSSR count). The topological polar surface area (TPSA) is 26.3 Å². The quantitative estimate of drug-likeness (QED) is 0.360. The number of rotatable bonds is 6. The summed E-state index contributed by atoms with van der Waals surface area (Å²) >= 11 is 9.33. The Morgan fingerprint density at radius 1 is 1.14 bits per heavy atom. The van der Waals surface area contributed by atoms with Gasteiger partial charge in [0, 0.05) is 10.4 Å². The molecule has 0 radical (unpaired) electrons. The fourth-order valence-electron chi connectivity index (χ4n) is 2.98. The molecular weight excluding hydrogens is 352 g/mol. The molecule has 1 saturated carbocycles. The monoisotopic (exact) mass is 372 g/mol. The van der Waals surface area contributed by atoms with Crippen molar-refractivity contribution in [3.8, 4) is 0 Å². The second kappa shape index (κ2) is 8.19. The summed E-state index contributed by atoms with van der Waals surface area (Å²) in [6.45, 7) is 0. The summed E-state index contributed by atoms with van der Waals surface area (Å²) < 4.78 is 5.95. The molecule has 0 spiro atoms. The largest absolute Gasteiger partial charge is 0.455 e. The van der Waals surface area contributed by atoms with Gasteiger partial charge in [0.15, 0.2) is 0 Å². The van der Waals surface area contributed by atoms with E-state index in [0.717, 1.165) is 50.3 Å². The van der Waals surface area contributed by atoms with Gasteiger partial charge in [0.2, 0.25) is 0 Å². The summed E-state index contributed by atoms with van der Waals surface area (Å²) in [5.41, 5.74) is 0.335. The molecule has 0 aliphatic heterocycles. The summed E-state index contributed by atoms with van der Waals surface area (Å²) in [5, 5.41) is 1.64. The van der Waals surface area contributed by atoms with Crippen molar-refractivity contribution in [2.75, 3.05) is 5.33 Å². The van der Waals surface area contributed by atoms with E-state index in [1.807, 2.05) is 0 Å². The Bertz CT molecular complexity index is 452. The number of ether oxygens (including phenoxy) is 1. The highest BCUT2D eigenvalue weighted by molar-refractivity contribution is 9.09. The van der Waals surface area contributed by atoms with Crippen molar-refractivity contribution in [2.45, 2.75) is 57.0 Å². The Morgan fingerprint density at radius 3 is 2.43 bits per heavy atom. The molecule has 116 valence electrons. The van der Waals surface area contributed by atoms with Gasteiger partial charge in [-0.15, -0.1) is 0 Å². The van der Waals surface area contributed by atoms with Crippen LogP contribution in [0.15, 0.2) is 24.3 Å². The van der Waals surface area contributed by atoms with Crippen LogP contribution in [-0.4, -0.2) is 16.9 Å². The van der Waals surface area contributed by atoms with E-state index in [1.165, 1.54) is 6.42 Å². The van der Waals surface area contributed by atoms with Gasteiger partial charge in [0.25, 0.3) is 0 Å². The summed E-state index contributed by atoms with van der Waals surface area (Å²) in [4.78, 5) is 12.4. The maximum Gasteiger partial charge on any atom is 0.338 e. The van der Waals surface area contributed by atoms with Crippen LogP contribution in [0.5, 0.6) is 0 Å². The molecule has 1 aliphatic carbocycles. The zero-order chi connectivity index (χ0) is 15.1. The lowest BCUT2D eigenvalue weighted by atomic mass is 9.81. The SMILES string of the molecule is O=C(OC1(CCCCBr)CCCCC1)c1ccc(Cl)cc1. The molecular formula is C17H22BrClO2. The summed E-state index contributed by atoms with van der Waals surface area (Å²) in [6.07, 6.45) is 8.74. The molecule has 2 nitrogen and oxygen atoms in total. The minimum Gasteiger partial charge on any atom is -0.455 e. The molecule has 1 aliphatic rings. The summed E-state index contributed by atoms with van der Waals surface area (Å²) in [6, 6.07) is 6.94. The van der Waals surface area contributed by atoms with Gasteiger partial charge in [0.1, 0.15) is 5.60 Å². The lowest BCUT2D eigenvalue weighted by Gasteiger charge is -2.37. The third kappa shape index (κ3) is 5.00. The predicted molar refractivity (Wildman–Crippen MR) is 90.3 cm³/mol. The second-order valence-electron chi connectivity index (χ2n) is 5.79. The molecule has 1 aromatic rings. The van der Waals surface area contributed by atoms with Crippen LogP contribution < -0.4 is 0 Å². The Hall–Kier alpha value is -0.540. The molecule has 0 unspecified atom stereocenters. The Balaban J connectivity index is 2.03. The Kier molecular flexibility index (Phi) is 6.56. The van der Waals surface area contributed by atoms with Crippen molar-refractivity contribution in [3.05, 3.63) is 34.9 Å². The Labute approximate surface area is 140 Å². The first-order valence-corrected chi connectivity index (χ1v) is 9.20. The molecule has 0 bridgehead atoms. The van der Waals surface area contributed by atoms with E-state index in [9.17, 15) is 4.79 Å². The molecule has 1 fully saturated rings. The van der Waals surface area contributed by atoms with Crippen molar-refractivity contribution < 1.29 is 9.53 Å². The van der Waals surface area contributed by atoms with Crippen LogP contribution in [0.1, 0.15) is 61.7 Å². The molecule has 4 heteroatoms. The molecule has 0 aromatic heterocycles. The number of hydrogen-bond acceptors (Lipinski definition) is 2. The molecule has 0 N–H and O–H groups in total. The van der Waals surface area contributed by atoms with Crippen molar-refractivity contribution in [3.63, 3.8) is 0 Å². The van der Waals surface area contributed by atoms with Crippen LogP contribution in [-0.2, 0) is 4.74 Å². The Morgan fingerprint density at radius 2 is 1.81 bits per heavy atom. The van der Waals surface area contributed by atoms with Gasteiger partial charge < -0.3 is 4.74 Å². The highest BCUT2D eigenvalue weighted by Gasteiger charge is 2.35. The fourth-order valence-corrected chi connectivity index (χ4v) is 3.50. The fraction of sp³-hybridized carbons (Fsp3) is 0.588. The van der Waals surface area contributed by atoms with E-state index in [0.29, 0.717) is 10.6 Å². The van der Waals surface area contributed by atoms with Crippen molar-refractivity contribution >= 4 is 33.5 Å². The number of alkyl halides is 1. The number of hydrogen-bond donors (Lipinski definition) is 0. The first-order valence-electron chi connectivity index (χ1n) is 7.70. The van der Waals surface area contributed by atoms with Gasteiger partial charge in [-0.3, -0.25) is 0 Å². The smallest absolute Gasteiger partial charge is 0.338 e. The maximum absolute atomic E-state index is 12.4. The highest BCUT2D eigenvalue weighted by Crippen LogP contribution is 2.36. The minimum absolute atomic E-state index is 0.215. The van der Waals surface area contributed by atoms with Crippen LogP contribution >= 0.6 is 27.5 Å².